The van der Waals surface area contributed by atoms with E-state index in [2.05, 4.69) is 22.0 Å². The van der Waals surface area contributed by atoms with Crippen LogP contribution >= 0.6 is 11.3 Å². The lowest BCUT2D eigenvalue weighted by atomic mass is 10.0. The lowest BCUT2D eigenvalue weighted by Gasteiger charge is -2.12. The van der Waals surface area contributed by atoms with Crippen LogP contribution in [0.25, 0.3) is 0 Å². The van der Waals surface area contributed by atoms with E-state index in [0.29, 0.717) is 0 Å². The minimum atomic E-state index is 0.0825. The summed E-state index contributed by atoms with van der Waals surface area (Å²) < 4.78 is 5.73. The standard InChI is InChI=1S/C14H20N4OS/c1-3-4-13-16-17-14(20-13)18-7-10(11(15)8-18)12-6-5-9(2)19-12/h5-6,10-11H,3-4,7-8,15H2,1-2H3/t10-,11-/m0/s1. The summed E-state index contributed by atoms with van der Waals surface area (Å²) in [5, 5.41) is 10.6. The van der Waals surface area contributed by atoms with E-state index in [0.717, 1.165) is 47.6 Å². The summed E-state index contributed by atoms with van der Waals surface area (Å²) in [5.74, 6) is 2.16. The molecule has 0 radical (unpaired) electrons. The van der Waals surface area contributed by atoms with Crippen LogP contribution in [0.2, 0.25) is 0 Å². The van der Waals surface area contributed by atoms with Crippen LogP contribution in [0.15, 0.2) is 16.5 Å². The molecule has 2 atom stereocenters. The van der Waals surface area contributed by atoms with Gasteiger partial charge in [0.1, 0.15) is 16.5 Å². The summed E-state index contributed by atoms with van der Waals surface area (Å²) in [6, 6.07) is 4.11. The van der Waals surface area contributed by atoms with Crippen molar-refractivity contribution in [1.82, 2.24) is 10.2 Å². The SMILES string of the molecule is CCCc1nnc(N2C[C@H](c3ccc(C)o3)[C@@H](N)C2)s1. The Morgan fingerprint density at radius 2 is 2.25 bits per heavy atom. The Labute approximate surface area is 122 Å². The molecule has 0 aliphatic carbocycles. The molecule has 108 valence electrons. The number of furan rings is 1. The van der Waals surface area contributed by atoms with E-state index in [1.54, 1.807) is 11.3 Å². The second-order valence-electron chi connectivity index (χ2n) is 5.35. The van der Waals surface area contributed by atoms with Crippen molar-refractivity contribution in [2.24, 2.45) is 5.73 Å². The zero-order valence-corrected chi connectivity index (χ0v) is 12.7. The topological polar surface area (TPSA) is 68.2 Å². The molecule has 0 saturated carbocycles. The van der Waals surface area contributed by atoms with Gasteiger partial charge in [-0.3, -0.25) is 0 Å². The Kier molecular flexibility index (Phi) is 3.76. The number of aromatic nitrogens is 2. The van der Waals surface area contributed by atoms with Crippen LogP contribution in [-0.2, 0) is 6.42 Å². The number of hydrogen-bond acceptors (Lipinski definition) is 6. The Hall–Kier alpha value is -1.40. The number of nitrogens with two attached hydrogens (primary N) is 1. The maximum atomic E-state index is 6.27. The third-order valence-corrected chi connectivity index (χ3v) is 4.73. The smallest absolute Gasteiger partial charge is 0.208 e. The summed E-state index contributed by atoms with van der Waals surface area (Å²) in [5.41, 5.74) is 6.27. The van der Waals surface area contributed by atoms with Gasteiger partial charge in [-0.05, 0) is 25.5 Å². The molecule has 6 heteroatoms. The Morgan fingerprint density at radius 3 is 2.95 bits per heavy atom. The predicted octanol–water partition coefficient (Wildman–Crippen LogP) is 2.32. The average Bonchev–Trinajstić information content (AvgIpc) is 3.10. The van der Waals surface area contributed by atoms with Crippen molar-refractivity contribution < 1.29 is 4.42 Å². The maximum Gasteiger partial charge on any atom is 0.208 e. The molecule has 3 rings (SSSR count). The summed E-state index contributed by atoms with van der Waals surface area (Å²) in [7, 11) is 0. The molecule has 20 heavy (non-hydrogen) atoms. The second-order valence-corrected chi connectivity index (χ2v) is 6.39. The molecule has 1 saturated heterocycles. The molecule has 5 nitrogen and oxygen atoms in total. The molecule has 0 unspecified atom stereocenters. The molecule has 0 aromatic carbocycles. The molecule has 2 N–H and O–H groups in total. The molecule has 1 fully saturated rings. The van der Waals surface area contributed by atoms with Gasteiger partial charge in [-0.2, -0.15) is 0 Å². The van der Waals surface area contributed by atoms with E-state index in [4.69, 9.17) is 10.2 Å². The summed E-state index contributed by atoms with van der Waals surface area (Å²) in [6.07, 6.45) is 2.10. The Bertz CT molecular complexity index is 579. The van der Waals surface area contributed by atoms with Crippen molar-refractivity contribution >= 4 is 16.5 Å². The highest BCUT2D eigenvalue weighted by Gasteiger charge is 2.34. The lowest BCUT2D eigenvalue weighted by Crippen LogP contribution is -2.28. The van der Waals surface area contributed by atoms with Crippen LogP contribution in [0.4, 0.5) is 5.13 Å². The summed E-state index contributed by atoms with van der Waals surface area (Å²) in [4.78, 5) is 2.23. The van der Waals surface area contributed by atoms with Crippen molar-refractivity contribution in [3.63, 3.8) is 0 Å². The predicted molar refractivity (Wildman–Crippen MR) is 80.3 cm³/mol. The van der Waals surface area contributed by atoms with E-state index >= 15 is 0 Å². The van der Waals surface area contributed by atoms with Gasteiger partial charge in [0.25, 0.3) is 0 Å². The van der Waals surface area contributed by atoms with E-state index in [1.807, 2.05) is 19.1 Å². The van der Waals surface area contributed by atoms with Crippen molar-refractivity contribution in [1.29, 1.82) is 0 Å². The van der Waals surface area contributed by atoms with E-state index < -0.39 is 0 Å². The van der Waals surface area contributed by atoms with Gasteiger partial charge in [0, 0.05) is 25.6 Å². The van der Waals surface area contributed by atoms with Crippen LogP contribution in [0.5, 0.6) is 0 Å². The van der Waals surface area contributed by atoms with Crippen molar-refractivity contribution in [3.8, 4) is 0 Å². The van der Waals surface area contributed by atoms with Gasteiger partial charge < -0.3 is 15.1 Å². The van der Waals surface area contributed by atoms with Gasteiger partial charge in [-0.15, -0.1) is 10.2 Å². The van der Waals surface area contributed by atoms with Crippen LogP contribution in [0.3, 0.4) is 0 Å². The fraction of sp³-hybridized carbons (Fsp3) is 0.571. The van der Waals surface area contributed by atoms with Crippen molar-refractivity contribution in [2.75, 3.05) is 18.0 Å². The minimum Gasteiger partial charge on any atom is -0.466 e. The highest BCUT2D eigenvalue weighted by molar-refractivity contribution is 7.15. The molecule has 1 aliphatic rings. The van der Waals surface area contributed by atoms with Gasteiger partial charge in [0.2, 0.25) is 5.13 Å². The third-order valence-electron chi connectivity index (χ3n) is 3.68. The Morgan fingerprint density at radius 1 is 1.40 bits per heavy atom. The van der Waals surface area contributed by atoms with Crippen molar-refractivity contribution in [3.05, 3.63) is 28.7 Å². The molecule has 1 aliphatic heterocycles. The quantitative estimate of drug-likeness (QED) is 0.936. The first kappa shape index (κ1) is 13.6. The second kappa shape index (κ2) is 5.54. The number of hydrogen-bond donors (Lipinski definition) is 1. The summed E-state index contributed by atoms with van der Waals surface area (Å²) >= 11 is 1.68. The molecule has 2 aromatic rings. The summed E-state index contributed by atoms with van der Waals surface area (Å²) in [6.45, 7) is 5.78. The monoisotopic (exact) mass is 292 g/mol. The maximum absolute atomic E-state index is 6.27. The number of aryl methyl sites for hydroxylation is 2. The largest absolute Gasteiger partial charge is 0.466 e. The molecule has 0 amide bonds. The average molecular weight is 292 g/mol. The third kappa shape index (κ3) is 2.58. The zero-order chi connectivity index (χ0) is 14.1. The van der Waals surface area contributed by atoms with Gasteiger partial charge in [-0.1, -0.05) is 18.3 Å². The van der Waals surface area contributed by atoms with Crippen LogP contribution in [0.1, 0.15) is 35.8 Å². The number of rotatable bonds is 4. The van der Waals surface area contributed by atoms with Gasteiger partial charge in [0.05, 0.1) is 5.92 Å². The molecule has 0 spiro atoms. The van der Waals surface area contributed by atoms with Gasteiger partial charge >= 0.3 is 0 Å². The first-order valence-electron chi connectivity index (χ1n) is 7.06. The van der Waals surface area contributed by atoms with Crippen molar-refractivity contribution in [2.45, 2.75) is 38.6 Å². The number of anilines is 1. The zero-order valence-electron chi connectivity index (χ0n) is 11.9. The van der Waals surface area contributed by atoms with Gasteiger partial charge in [0.15, 0.2) is 0 Å². The van der Waals surface area contributed by atoms with Gasteiger partial charge in [-0.25, -0.2) is 0 Å². The first-order chi connectivity index (χ1) is 9.67. The fourth-order valence-electron chi connectivity index (χ4n) is 2.63. The van der Waals surface area contributed by atoms with Crippen LogP contribution < -0.4 is 10.6 Å². The fourth-order valence-corrected chi connectivity index (χ4v) is 3.58. The van der Waals surface area contributed by atoms with E-state index in [-0.39, 0.29) is 12.0 Å². The Balaban J connectivity index is 1.73. The van der Waals surface area contributed by atoms with E-state index in [1.165, 1.54) is 0 Å². The molecule has 0 bridgehead atoms. The normalized spacial score (nSPS) is 22.6. The molecular formula is C14H20N4OS. The van der Waals surface area contributed by atoms with Crippen LogP contribution in [0, 0.1) is 6.92 Å². The molecule has 3 heterocycles. The van der Waals surface area contributed by atoms with E-state index in [9.17, 15) is 0 Å². The lowest BCUT2D eigenvalue weighted by molar-refractivity contribution is 0.438. The molecular weight excluding hydrogens is 272 g/mol. The number of nitrogens with zero attached hydrogens (tertiary/aromatic N) is 3. The highest BCUT2D eigenvalue weighted by Crippen LogP contribution is 2.32. The highest BCUT2D eigenvalue weighted by atomic mass is 32.1. The van der Waals surface area contributed by atoms with Crippen LogP contribution in [-0.4, -0.2) is 29.3 Å². The first-order valence-corrected chi connectivity index (χ1v) is 7.88. The molecule has 2 aromatic heterocycles. The minimum absolute atomic E-state index is 0.0825.